The summed E-state index contributed by atoms with van der Waals surface area (Å²) in [7, 11) is 0. The van der Waals surface area contributed by atoms with E-state index in [1.807, 2.05) is 0 Å². The van der Waals surface area contributed by atoms with Crippen LogP contribution in [0.15, 0.2) is 106 Å². The molecule has 0 unspecified atom stereocenters. The van der Waals surface area contributed by atoms with Crippen molar-refractivity contribution in [1.82, 2.24) is 0 Å². The Hall–Kier alpha value is -2.42. The molecule has 0 radical (unpaired) electrons. The van der Waals surface area contributed by atoms with E-state index < -0.39 is 0 Å². The van der Waals surface area contributed by atoms with Crippen LogP contribution in [0.25, 0.3) is 43.8 Å². The Labute approximate surface area is 181 Å². The van der Waals surface area contributed by atoms with E-state index in [0.717, 1.165) is 8.95 Å². The largest absolute Gasteiger partial charge is 0.0616 e. The molecular formula is C26H16Br2. The van der Waals surface area contributed by atoms with E-state index in [1.54, 1.807) is 0 Å². The summed E-state index contributed by atoms with van der Waals surface area (Å²) in [5.74, 6) is 0. The highest BCUT2D eigenvalue weighted by Crippen LogP contribution is 2.45. The maximum Gasteiger partial charge on any atom is 0.0402 e. The maximum absolute atomic E-state index is 3.87. The molecule has 0 spiro atoms. The van der Waals surface area contributed by atoms with E-state index in [2.05, 4.69) is 129 Å². The summed E-state index contributed by atoms with van der Waals surface area (Å²) in [6.45, 7) is 0. The van der Waals surface area contributed by atoms with Gasteiger partial charge in [0.15, 0.2) is 0 Å². The Morgan fingerprint density at radius 1 is 0.429 bits per heavy atom. The molecule has 5 aromatic rings. The highest BCUT2D eigenvalue weighted by atomic mass is 79.9. The standard InChI is InChI=1S/C26H16Br2/c27-24-16-15-23(21-13-5-9-17-7-1-3-11-19(17)21)25(26(24)28)22-14-6-10-18-8-2-4-12-20(18)22/h1-16H. The molecule has 0 aliphatic heterocycles. The van der Waals surface area contributed by atoms with Gasteiger partial charge in [0.25, 0.3) is 0 Å². The van der Waals surface area contributed by atoms with Crippen LogP contribution in [0.5, 0.6) is 0 Å². The fraction of sp³-hybridized carbons (Fsp3) is 0. The molecule has 28 heavy (non-hydrogen) atoms. The lowest BCUT2D eigenvalue weighted by Crippen LogP contribution is -1.91. The van der Waals surface area contributed by atoms with Gasteiger partial charge in [-0.2, -0.15) is 0 Å². The number of fused-ring (bicyclic) bond motifs is 2. The smallest absolute Gasteiger partial charge is 0.0402 e. The van der Waals surface area contributed by atoms with Gasteiger partial charge in [-0.05, 0) is 76.2 Å². The fourth-order valence-corrected chi connectivity index (χ4v) is 4.83. The molecule has 0 amide bonds. The molecule has 0 fully saturated rings. The summed E-state index contributed by atoms with van der Waals surface area (Å²) in [4.78, 5) is 0. The van der Waals surface area contributed by atoms with E-state index in [1.165, 1.54) is 43.8 Å². The SMILES string of the molecule is Brc1ccc(-c2cccc3ccccc23)c(-c2cccc3ccccc23)c1Br. The first-order valence-electron chi connectivity index (χ1n) is 9.18. The van der Waals surface area contributed by atoms with Crippen LogP contribution in [0.4, 0.5) is 0 Å². The molecule has 134 valence electrons. The molecule has 2 heteroatoms. The summed E-state index contributed by atoms with van der Waals surface area (Å²) in [6, 6.07) is 34.5. The molecular weight excluding hydrogens is 472 g/mol. The second kappa shape index (κ2) is 7.20. The Balaban J connectivity index is 1.90. The van der Waals surface area contributed by atoms with Gasteiger partial charge in [-0.3, -0.25) is 0 Å². The van der Waals surface area contributed by atoms with Crippen molar-refractivity contribution < 1.29 is 0 Å². The average molecular weight is 488 g/mol. The van der Waals surface area contributed by atoms with Crippen molar-refractivity contribution >= 4 is 53.4 Å². The predicted molar refractivity (Wildman–Crippen MR) is 128 cm³/mol. The Morgan fingerprint density at radius 3 is 1.64 bits per heavy atom. The van der Waals surface area contributed by atoms with Gasteiger partial charge in [-0.15, -0.1) is 0 Å². The van der Waals surface area contributed by atoms with Crippen LogP contribution in [-0.4, -0.2) is 0 Å². The normalized spacial score (nSPS) is 11.2. The molecule has 0 nitrogen and oxygen atoms in total. The number of hydrogen-bond acceptors (Lipinski definition) is 0. The monoisotopic (exact) mass is 486 g/mol. The van der Waals surface area contributed by atoms with Gasteiger partial charge in [-0.25, -0.2) is 0 Å². The van der Waals surface area contributed by atoms with Crippen LogP contribution in [-0.2, 0) is 0 Å². The Bertz CT molecular complexity index is 1320. The first-order chi connectivity index (χ1) is 13.7. The summed E-state index contributed by atoms with van der Waals surface area (Å²) >= 11 is 7.58. The fourth-order valence-electron chi connectivity index (χ4n) is 3.94. The minimum atomic E-state index is 1.06. The van der Waals surface area contributed by atoms with Crippen LogP contribution in [0.2, 0.25) is 0 Å². The minimum absolute atomic E-state index is 1.06. The van der Waals surface area contributed by atoms with Gasteiger partial charge in [0, 0.05) is 14.5 Å². The van der Waals surface area contributed by atoms with Crippen LogP contribution < -0.4 is 0 Å². The summed E-state index contributed by atoms with van der Waals surface area (Å²) < 4.78 is 2.13. The topological polar surface area (TPSA) is 0 Å². The van der Waals surface area contributed by atoms with Gasteiger partial charge in [0.2, 0.25) is 0 Å². The van der Waals surface area contributed by atoms with Gasteiger partial charge >= 0.3 is 0 Å². The third-order valence-electron chi connectivity index (χ3n) is 5.23. The zero-order valence-corrected chi connectivity index (χ0v) is 18.2. The van der Waals surface area contributed by atoms with Crippen LogP contribution in [0.3, 0.4) is 0 Å². The highest BCUT2D eigenvalue weighted by molar-refractivity contribution is 9.13. The lowest BCUT2D eigenvalue weighted by molar-refractivity contribution is 1.55. The third kappa shape index (κ3) is 2.88. The molecule has 0 saturated carbocycles. The van der Waals surface area contributed by atoms with Gasteiger partial charge < -0.3 is 0 Å². The van der Waals surface area contributed by atoms with Gasteiger partial charge in [0.05, 0.1) is 0 Å². The lowest BCUT2D eigenvalue weighted by atomic mass is 9.89. The number of benzene rings is 5. The molecule has 5 aromatic carbocycles. The molecule has 0 aliphatic carbocycles. The lowest BCUT2D eigenvalue weighted by Gasteiger charge is -2.17. The van der Waals surface area contributed by atoms with E-state index in [4.69, 9.17) is 0 Å². The predicted octanol–water partition coefficient (Wildman–Crippen LogP) is 8.85. The molecule has 0 heterocycles. The van der Waals surface area contributed by atoms with Crippen molar-refractivity contribution in [2.75, 3.05) is 0 Å². The molecule has 0 aromatic heterocycles. The van der Waals surface area contributed by atoms with Crippen molar-refractivity contribution in [3.8, 4) is 22.3 Å². The van der Waals surface area contributed by atoms with Crippen molar-refractivity contribution in [3.05, 3.63) is 106 Å². The molecule has 0 bridgehead atoms. The Morgan fingerprint density at radius 2 is 0.964 bits per heavy atom. The second-order valence-corrected chi connectivity index (χ2v) is 8.48. The number of halogens is 2. The quantitative estimate of drug-likeness (QED) is 0.233. The first kappa shape index (κ1) is 17.7. The first-order valence-corrected chi connectivity index (χ1v) is 10.8. The highest BCUT2D eigenvalue weighted by Gasteiger charge is 2.17. The average Bonchev–Trinajstić information content (AvgIpc) is 2.75. The maximum atomic E-state index is 3.87. The van der Waals surface area contributed by atoms with E-state index in [0.29, 0.717) is 0 Å². The summed E-state index contributed by atoms with van der Waals surface area (Å²) in [5.41, 5.74) is 4.91. The van der Waals surface area contributed by atoms with E-state index in [-0.39, 0.29) is 0 Å². The van der Waals surface area contributed by atoms with Crippen molar-refractivity contribution in [2.24, 2.45) is 0 Å². The number of rotatable bonds is 2. The second-order valence-electron chi connectivity index (χ2n) is 6.84. The molecule has 0 atom stereocenters. The zero-order valence-electron chi connectivity index (χ0n) is 15.0. The van der Waals surface area contributed by atoms with Crippen molar-refractivity contribution in [1.29, 1.82) is 0 Å². The summed E-state index contributed by atoms with van der Waals surface area (Å²) in [6.07, 6.45) is 0. The van der Waals surface area contributed by atoms with Crippen molar-refractivity contribution in [2.45, 2.75) is 0 Å². The van der Waals surface area contributed by atoms with Crippen LogP contribution >= 0.6 is 31.9 Å². The molecule has 0 N–H and O–H groups in total. The van der Waals surface area contributed by atoms with Crippen LogP contribution in [0.1, 0.15) is 0 Å². The van der Waals surface area contributed by atoms with E-state index in [9.17, 15) is 0 Å². The minimum Gasteiger partial charge on any atom is -0.0616 e. The number of hydrogen-bond donors (Lipinski definition) is 0. The van der Waals surface area contributed by atoms with Crippen molar-refractivity contribution in [3.63, 3.8) is 0 Å². The van der Waals surface area contributed by atoms with Gasteiger partial charge in [0.1, 0.15) is 0 Å². The summed E-state index contributed by atoms with van der Waals surface area (Å²) in [5, 5.41) is 5.02. The van der Waals surface area contributed by atoms with E-state index >= 15 is 0 Å². The van der Waals surface area contributed by atoms with Crippen LogP contribution in [0, 0.1) is 0 Å². The molecule has 5 rings (SSSR count). The zero-order chi connectivity index (χ0) is 19.1. The Kier molecular flexibility index (Phi) is 4.54. The molecule has 0 saturated heterocycles. The molecule has 0 aliphatic rings. The van der Waals surface area contributed by atoms with Gasteiger partial charge in [-0.1, -0.05) is 91.0 Å². The third-order valence-corrected chi connectivity index (χ3v) is 7.25.